The number of aliphatic hydroxyl groups is 1. The van der Waals surface area contributed by atoms with Crippen LogP contribution in [0.15, 0.2) is 18.2 Å². The number of β-amino-alcohol motifs (C(OH)–C–C–N with tert-alkyl or cyclic N) is 1. The van der Waals surface area contributed by atoms with Gasteiger partial charge in [0.15, 0.2) is 0 Å². The molecule has 0 unspecified atom stereocenters. The highest BCUT2D eigenvalue weighted by atomic mass is 35.5. The number of aliphatic hydroxyl groups excluding tert-OH is 1. The zero-order valence-electron chi connectivity index (χ0n) is 11.0. The zero-order chi connectivity index (χ0) is 15.6. The molecule has 0 radical (unpaired) electrons. The largest absolute Gasteiger partial charge is 0.417 e. The second kappa shape index (κ2) is 6.11. The number of hydrogen-bond acceptors (Lipinski definition) is 2. The minimum atomic E-state index is -4.58. The number of anilines is 1. The Labute approximate surface area is 124 Å². The van der Waals surface area contributed by atoms with Crippen LogP contribution in [0.25, 0.3) is 0 Å². The average Bonchev–Trinajstić information content (AvgIpc) is 2.39. The molecule has 1 aliphatic rings. The Bertz CT molecular complexity index is 537. The molecule has 0 aliphatic carbocycles. The number of amides is 2. The predicted molar refractivity (Wildman–Crippen MR) is 72.3 cm³/mol. The topological polar surface area (TPSA) is 52.6 Å². The average molecular weight is 323 g/mol. The summed E-state index contributed by atoms with van der Waals surface area (Å²) in [5, 5.41) is 11.5. The van der Waals surface area contributed by atoms with E-state index < -0.39 is 28.9 Å². The molecule has 2 N–H and O–H groups in total. The lowest BCUT2D eigenvalue weighted by atomic mass is 10.1. The van der Waals surface area contributed by atoms with Gasteiger partial charge in [0.25, 0.3) is 0 Å². The van der Waals surface area contributed by atoms with Gasteiger partial charge in [0.1, 0.15) is 0 Å². The number of rotatable bonds is 1. The summed E-state index contributed by atoms with van der Waals surface area (Å²) in [6.07, 6.45) is -3.91. The zero-order valence-corrected chi connectivity index (χ0v) is 11.7. The molecule has 0 bridgehead atoms. The molecule has 2 amide bonds. The molecule has 1 fully saturated rings. The van der Waals surface area contributed by atoms with Crippen molar-refractivity contribution < 1.29 is 23.1 Å². The molecular formula is C13H14ClF3N2O2. The molecule has 1 heterocycles. The number of likely N-dealkylation sites (tertiary alicyclic amines) is 1. The Morgan fingerprint density at radius 3 is 2.76 bits per heavy atom. The van der Waals surface area contributed by atoms with Gasteiger partial charge in [-0.15, -0.1) is 0 Å². The Kier molecular flexibility index (Phi) is 4.63. The van der Waals surface area contributed by atoms with E-state index in [1.54, 1.807) is 0 Å². The lowest BCUT2D eigenvalue weighted by molar-refractivity contribution is -0.137. The first-order chi connectivity index (χ1) is 9.77. The molecule has 1 atom stereocenters. The van der Waals surface area contributed by atoms with Crippen LogP contribution in [0, 0.1) is 0 Å². The molecule has 1 aromatic rings. The second-order valence-corrected chi connectivity index (χ2v) is 5.27. The van der Waals surface area contributed by atoms with Gasteiger partial charge in [-0.3, -0.25) is 0 Å². The van der Waals surface area contributed by atoms with Gasteiger partial charge in [-0.2, -0.15) is 13.2 Å². The number of piperidine rings is 1. The van der Waals surface area contributed by atoms with E-state index in [-0.39, 0.29) is 12.2 Å². The number of nitrogens with one attached hydrogen (secondary N) is 1. The van der Waals surface area contributed by atoms with Crippen molar-refractivity contribution in [3.05, 3.63) is 28.8 Å². The molecule has 2 rings (SSSR count). The third-order valence-electron chi connectivity index (χ3n) is 3.21. The minimum Gasteiger partial charge on any atom is -0.391 e. The first-order valence-electron chi connectivity index (χ1n) is 6.38. The molecule has 4 nitrogen and oxygen atoms in total. The molecule has 0 spiro atoms. The van der Waals surface area contributed by atoms with Crippen LogP contribution in [0.1, 0.15) is 18.4 Å². The van der Waals surface area contributed by atoms with E-state index in [1.807, 2.05) is 0 Å². The van der Waals surface area contributed by atoms with Crippen LogP contribution in [-0.4, -0.2) is 35.2 Å². The Morgan fingerprint density at radius 2 is 2.14 bits per heavy atom. The number of benzene rings is 1. The number of carbonyl (C=O) groups is 1. The second-order valence-electron chi connectivity index (χ2n) is 4.86. The summed E-state index contributed by atoms with van der Waals surface area (Å²) in [6.45, 7) is 0.633. The molecule has 0 saturated carbocycles. The van der Waals surface area contributed by atoms with Crippen LogP contribution in [0.4, 0.5) is 23.7 Å². The van der Waals surface area contributed by atoms with E-state index in [0.29, 0.717) is 19.4 Å². The summed E-state index contributed by atoms with van der Waals surface area (Å²) in [6, 6.07) is 2.64. The maximum atomic E-state index is 12.7. The number of carbonyl (C=O) groups excluding carboxylic acids is 1. The van der Waals surface area contributed by atoms with Crippen LogP contribution in [-0.2, 0) is 6.18 Å². The smallest absolute Gasteiger partial charge is 0.391 e. The third kappa shape index (κ3) is 4.01. The standard InChI is InChI=1S/C13H14ClF3N2O2/c14-11-4-3-8(6-10(11)13(15,16)17)18-12(21)19-5-1-2-9(20)7-19/h3-4,6,9,20H,1-2,5,7H2,(H,18,21)/t9-/m0/s1. The fourth-order valence-corrected chi connectivity index (χ4v) is 2.39. The summed E-state index contributed by atoms with van der Waals surface area (Å²) in [7, 11) is 0. The van der Waals surface area contributed by atoms with Gasteiger partial charge < -0.3 is 15.3 Å². The fraction of sp³-hybridized carbons (Fsp3) is 0.462. The van der Waals surface area contributed by atoms with Crippen LogP contribution in [0.2, 0.25) is 5.02 Å². The molecule has 1 aliphatic heterocycles. The maximum Gasteiger partial charge on any atom is 0.417 e. The summed E-state index contributed by atoms with van der Waals surface area (Å²) < 4.78 is 38.2. The van der Waals surface area contributed by atoms with Crippen LogP contribution < -0.4 is 5.32 Å². The molecular weight excluding hydrogens is 309 g/mol. The highest BCUT2D eigenvalue weighted by Gasteiger charge is 2.33. The Morgan fingerprint density at radius 1 is 1.43 bits per heavy atom. The fourth-order valence-electron chi connectivity index (χ4n) is 2.16. The first-order valence-corrected chi connectivity index (χ1v) is 6.76. The van der Waals surface area contributed by atoms with Gasteiger partial charge in [-0.05, 0) is 31.0 Å². The number of alkyl halides is 3. The van der Waals surface area contributed by atoms with Crippen molar-refractivity contribution in [1.29, 1.82) is 0 Å². The maximum absolute atomic E-state index is 12.7. The van der Waals surface area contributed by atoms with Crippen molar-refractivity contribution in [2.24, 2.45) is 0 Å². The highest BCUT2D eigenvalue weighted by molar-refractivity contribution is 6.31. The van der Waals surface area contributed by atoms with Crippen molar-refractivity contribution in [2.45, 2.75) is 25.1 Å². The van der Waals surface area contributed by atoms with Gasteiger partial charge >= 0.3 is 12.2 Å². The van der Waals surface area contributed by atoms with Gasteiger partial charge in [0.05, 0.1) is 16.7 Å². The SMILES string of the molecule is O=C(Nc1ccc(Cl)c(C(F)(F)F)c1)N1CCC[C@H](O)C1. The van der Waals surface area contributed by atoms with Crippen LogP contribution >= 0.6 is 11.6 Å². The molecule has 21 heavy (non-hydrogen) atoms. The van der Waals surface area contributed by atoms with Gasteiger partial charge in [0.2, 0.25) is 0 Å². The van der Waals surface area contributed by atoms with E-state index in [9.17, 15) is 23.1 Å². The molecule has 0 aromatic heterocycles. The van der Waals surface area contributed by atoms with Crippen molar-refractivity contribution in [3.63, 3.8) is 0 Å². The van der Waals surface area contributed by atoms with Gasteiger partial charge in [0, 0.05) is 18.8 Å². The summed E-state index contributed by atoms with van der Waals surface area (Å²) in [4.78, 5) is 13.3. The van der Waals surface area contributed by atoms with Crippen molar-refractivity contribution in [3.8, 4) is 0 Å². The summed E-state index contributed by atoms with van der Waals surface area (Å²) in [5.41, 5.74) is -0.988. The van der Waals surface area contributed by atoms with Crippen molar-refractivity contribution in [2.75, 3.05) is 18.4 Å². The monoisotopic (exact) mass is 322 g/mol. The Balaban J connectivity index is 2.11. The van der Waals surface area contributed by atoms with Crippen molar-refractivity contribution >= 4 is 23.3 Å². The lowest BCUT2D eigenvalue weighted by Crippen LogP contribution is -2.44. The van der Waals surface area contributed by atoms with Gasteiger partial charge in [-0.1, -0.05) is 11.6 Å². The van der Waals surface area contributed by atoms with Gasteiger partial charge in [-0.25, -0.2) is 4.79 Å². The molecule has 116 valence electrons. The minimum absolute atomic E-state index is 0.0109. The number of halogens is 4. The molecule has 1 saturated heterocycles. The normalized spacial score (nSPS) is 19.5. The number of hydrogen-bond donors (Lipinski definition) is 2. The number of urea groups is 1. The van der Waals surface area contributed by atoms with E-state index in [2.05, 4.69) is 5.32 Å². The molecule has 8 heteroatoms. The summed E-state index contributed by atoms with van der Waals surface area (Å²) >= 11 is 5.51. The highest BCUT2D eigenvalue weighted by Crippen LogP contribution is 2.36. The van der Waals surface area contributed by atoms with Crippen LogP contribution in [0.5, 0.6) is 0 Å². The van der Waals surface area contributed by atoms with E-state index >= 15 is 0 Å². The van der Waals surface area contributed by atoms with Crippen molar-refractivity contribution in [1.82, 2.24) is 4.90 Å². The summed E-state index contributed by atoms with van der Waals surface area (Å²) in [5.74, 6) is 0. The first kappa shape index (κ1) is 15.9. The van der Waals surface area contributed by atoms with E-state index in [0.717, 1.165) is 12.1 Å². The Hall–Kier alpha value is -1.47. The van der Waals surface area contributed by atoms with E-state index in [4.69, 9.17) is 11.6 Å². The van der Waals surface area contributed by atoms with E-state index in [1.165, 1.54) is 11.0 Å². The third-order valence-corrected chi connectivity index (χ3v) is 3.54. The van der Waals surface area contributed by atoms with Crippen LogP contribution in [0.3, 0.4) is 0 Å². The molecule has 1 aromatic carbocycles. The predicted octanol–water partition coefficient (Wildman–Crippen LogP) is 3.35. The lowest BCUT2D eigenvalue weighted by Gasteiger charge is -2.30. The number of nitrogens with zero attached hydrogens (tertiary/aromatic N) is 1. The quantitative estimate of drug-likeness (QED) is 0.833.